The second kappa shape index (κ2) is 4.08. The standard InChI is InChI=1S/C9H9BrClN3O/c10-7-1-5(11)3-13-9(7)14-4-6(12)2-8(14)15/h1,3,6H,2,4,12H2. The maximum atomic E-state index is 11.6. The molecule has 1 amide bonds. The Morgan fingerprint density at radius 2 is 2.40 bits per heavy atom. The molecule has 15 heavy (non-hydrogen) atoms. The van der Waals surface area contributed by atoms with Gasteiger partial charge < -0.3 is 5.73 Å². The van der Waals surface area contributed by atoms with Crippen LogP contribution in [-0.2, 0) is 4.79 Å². The normalized spacial score (nSPS) is 21.1. The van der Waals surface area contributed by atoms with E-state index >= 15 is 0 Å². The lowest BCUT2D eigenvalue weighted by Crippen LogP contribution is -2.28. The maximum Gasteiger partial charge on any atom is 0.229 e. The Bertz CT molecular complexity index is 412. The fourth-order valence-electron chi connectivity index (χ4n) is 1.55. The Morgan fingerprint density at radius 3 is 2.93 bits per heavy atom. The highest BCUT2D eigenvalue weighted by Crippen LogP contribution is 2.29. The number of aromatic nitrogens is 1. The van der Waals surface area contributed by atoms with E-state index in [0.717, 1.165) is 0 Å². The van der Waals surface area contributed by atoms with E-state index in [9.17, 15) is 4.79 Å². The third-order valence-electron chi connectivity index (χ3n) is 2.20. The molecule has 2 rings (SSSR count). The molecule has 0 aromatic carbocycles. The molecule has 1 aromatic rings. The van der Waals surface area contributed by atoms with E-state index in [1.165, 1.54) is 6.20 Å². The van der Waals surface area contributed by atoms with Crippen molar-refractivity contribution in [2.45, 2.75) is 12.5 Å². The van der Waals surface area contributed by atoms with Crippen LogP contribution in [0.2, 0.25) is 5.02 Å². The zero-order chi connectivity index (χ0) is 11.0. The number of hydrogen-bond donors (Lipinski definition) is 1. The number of carbonyl (C=O) groups is 1. The molecule has 1 aliphatic rings. The minimum atomic E-state index is -0.109. The van der Waals surface area contributed by atoms with Gasteiger partial charge in [-0.2, -0.15) is 0 Å². The van der Waals surface area contributed by atoms with Gasteiger partial charge in [0.25, 0.3) is 0 Å². The molecular weight excluding hydrogens is 281 g/mol. The summed E-state index contributed by atoms with van der Waals surface area (Å²) in [5.74, 6) is 0.579. The van der Waals surface area contributed by atoms with Crippen molar-refractivity contribution in [3.63, 3.8) is 0 Å². The van der Waals surface area contributed by atoms with Crippen molar-refractivity contribution in [3.8, 4) is 0 Å². The Kier molecular flexibility index (Phi) is 2.95. The Hall–Kier alpha value is -0.650. The number of rotatable bonds is 1. The minimum absolute atomic E-state index is 0.00183. The Labute approximate surface area is 101 Å². The third kappa shape index (κ3) is 2.14. The number of halogens is 2. The summed E-state index contributed by atoms with van der Waals surface area (Å²) < 4.78 is 0.706. The van der Waals surface area contributed by atoms with Gasteiger partial charge in [0.2, 0.25) is 5.91 Å². The first-order valence-corrected chi connectivity index (χ1v) is 5.62. The molecule has 1 aliphatic heterocycles. The summed E-state index contributed by atoms with van der Waals surface area (Å²) in [7, 11) is 0. The predicted molar refractivity (Wildman–Crippen MR) is 61.9 cm³/mol. The molecule has 1 fully saturated rings. The zero-order valence-corrected chi connectivity index (χ0v) is 10.1. The summed E-state index contributed by atoms with van der Waals surface area (Å²) in [4.78, 5) is 17.3. The van der Waals surface area contributed by atoms with E-state index in [1.54, 1.807) is 11.0 Å². The first-order valence-electron chi connectivity index (χ1n) is 4.45. The number of carbonyl (C=O) groups excluding carboxylic acids is 1. The van der Waals surface area contributed by atoms with Crippen LogP contribution in [0, 0.1) is 0 Å². The predicted octanol–water partition coefficient (Wildman–Crippen LogP) is 1.56. The average molecular weight is 291 g/mol. The highest BCUT2D eigenvalue weighted by molar-refractivity contribution is 9.10. The van der Waals surface area contributed by atoms with Crippen molar-refractivity contribution in [1.82, 2.24) is 4.98 Å². The molecule has 2 heterocycles. The lowest BCUT2D eigenvalue weighted by Gasteiger charge is -2.16. The summed E-state index contributed by atoms with van der Waals surface area (Å²) in [6.07, 6.45) is 1.88. The van der Waals surface area contributed by atoms with Gasteiger partial charge in [-0.25, -0.2) is 4.98 Å². The quantitative estimate of drug-likeness (QED) is 0.854. The van der Waals surface area contributed by atoms with Crippen molar-refractivity contribution in [1.29, 1.82) is 0 Å². The summed E-state index contributed by atoms with van der Waals surface area (Å²) in [6.45, 7) is 0.506. The van der Waals surface area contributed by atoms with Crippen LogP contribution >= 0.6 is 27.5 Å². The molecule has 1 unspecified atom stereocenters. The SMILES string of the molecule is NC1CC(=O)N(c2ncc(Cl)cc2Br)C1. The molecule has 1 atom stereocenters. The Morgan fingerprint density at radius 1 is 1.67 bits per heavy atom. The van der Waals surface area contributed by atoms with Crippen LogP contribution in [0.15, 0.2) is 16.7 Å². The van der Waals surface area contributed by atoms with E-state index in [4.69, 9.17) is 17.3 Å². The molecule has 0 saturated carbocycles. The van der Waals surface area contributed by atoms with E-state index in [0.29, 0.717) is 28.3 Å². The van der Waals surface area contributed by atoms with Gasteiger partial charge in [0.1, 0.15) is 5.82 Å². The van der Waals surface area contributed by atoms with Gasteiger partial charge in [0.05, 0.1) is 9.50 Å². The number of amides is 1. The van der Waals surface area contributed by atoms with Crippen molar-refractivity contribution in [2.75, 3.05) is 11.4 Å². The van der Waals surface area contributed by atoms with Gasteiger partial charge in [0.15, 0.2) is 0 Å². The molecule has 0 spiro atoms. The maximum absolute atomic E-state index is 11.6. The van der Waals surface area contributed by atoms with Crippen LogP contribution in [-0.4, -0.2) is 23.5 Å². The van der Waals surface area contributed by atoms with Crippen LogP contribution in [0.5, 0.6) is 0 Å². The highest BCUT2D eigenvalue weighted by Gasteiger charge is 2.30. The van der Waals surface area contributed by atoms with Gasteiger partial charge >= 0.3 is 0 Å². The first-order chi connectivity index (χ1) is 7.08. The van der Waals surface area contributed by atoms with Crippen LogP contribution in [0.3, 0.4) is 0 Å². The second-order valence-corrected chi connectivity index (χ2v) is 4.72. The van der Waals surface area contributed by atoms with Gasteiger partial charge in [-0.1, -0.05) is 11.6 Å². The van der Waals surface area contributed by atoms with Crippen molar-refractivity contribution in [3.05, 3.63) is 21.8 Å². The molecule has 1 saturated heterocycles. The summed E-state index contributed by atoms with van der Waals surface area (Å²) in [5.41, 5.74) is 5.70. The Balaban J connectivity index is 2.34. The third-order valence-corrected chi connectivity index (χ3v) is 2.99. The molecule has 1 aromatic heterocycles. The number of anilines is 1. The average Bonchev–Trinajstić information content (AvgIpc) is 2.45. The van der Waals surface area contributed by atoms with Gasteiger partial charge in [0, 0.05) is 25.2 Å². The smallest absolute Gasteiger partial charge is 0.229 e. The molecule has 80 valence electrons. The van der Waals surface area contributed by atoms with E-state index in [2.05, 4.69) is 20.9 Å². The lowest BCUT2D eigenvalue weighted by molar-refractivity contribution is -0.117. The minimum Gasteiger partial charge on any atom is -0.326 e. The van der Waals surface area contributed by atoms with E-state index < -0.39 is 0 Å². The van der Waals surface area contributed by atoms with Crippen LogP contribution in [0.4, 0.5) is 5.82 Å². The lowest BCUT2D eigenvalue weighted by atomic mass is 10.3. The molecule has 6 heteroatoms. The van der Waals surface area contributed by atoms with Crippen molar-refractivity contribution in [2.24, 2.45) is 5.73 Å². The van der Waals surface area contributed by atoms with Gasteiger partial charge in [-0.05, 0) is 22.0 Å². The molecular formula is C9H9BrClN3O. The van der Waals surface area contributed by atoms with Crippen molar-refractivity contribution < 1.29 is 4.79 Å². The molecule has 2 N–H and O–H groups in total. The molecule has 4 nitrogen and oxygen atoms in total. The second-order valence-electron chi connectivity index (χ2n) is 3.43. The molecule has 0 bridgehead atoms. The zero-order valence-electron chi connectivity index (χ0n) is 7.78. The summed E-state index contributed by atoms with van der Waals surface area (Å²) >= 11 is 9.09. The summed E-state index contributed by atoms with van der Waals surface area (Å²) in [5, 5.41) is 0.529. The molecule has 0 radical (unpaired) electrons. The first kappa shape index (κ1) is 10.9. The fraction of sp³-hybridized carbons (Fsp3) is 0.333. The fourth-order valence-corrected chi connectivity index (χ4v) is 2.40. The summed E-state index contributed by atoms with van der Waals surface area (Å²) in [6, 6.07) is 1.60. The van der Waals surface area contributed by atoms with Gasteiger partial charge in [-0.15, -0.1) is 0 Å². The number of nitrogens with two attached hydrogens (primary N) is 1. The largest absolute Gasteiger partial charge is 0.326 e. The van der Waals surface area contributed by atoms with Crippen LogP contribution in [0.25, 0.3) is 0 Å². The topological polar surface area (TPSA) is 59.2 Å². The number of hydrogen-bond acceptors (Lipinski definition) is 3. The van der Waals surface area contributed by atoms with Crippen LogP contribution < -0.4 is 10.6 Å². The highest BCUT2D eigenvalue weighted by atomic mass is 79.9. The number of pyridine rings is 1. The van der Waals surface area contributed by atoms with Gasteiger partial charge in [-0.3, -0.25) is 9.69 Å². The number of nitrogens with zero attached hydrogens (tertiary/aromatic N) is 2. The van der Waals surface area contributed by atoms with E-state index in [-0.39, 0.29) is 11.9 Å². The molecule has 0 aliphatic carbocycles. The van der Waals surface area contributed by atoms with Crippen LogP contribution in [0.1, 0.15) is 6.42 Å². The van der Waals surface area contributed by atoms with E-state index in [1.807, 2.05) is 0 Å². The monoisotopic (exact) mass is 289 g/mol. The van der Waals surface area contributed by atoms with Crippen molar-refractivity contribution >= 4 is 39.3 Å².